The minimum atomic E-state index is -0.498. The Labute approximate surface area is 165 Å². The van der Waals surface area contributed by atoms with Gasteiger partial charge in [-0.15, -0.1) is 0 Å². The van der Waals surface area contributed by atoms with Gasteiger partial charge in [0.25, 0.3) is 5.91 Å². The Morgan fingerprint density at radius 1 is 1.00 bits per heavy atom. The first kappa shape index (κ1) is 19.7. The number of ether oxygens (including phenoxy) is 2. The highest BCUT2D eigenvalue weighted by atomic mass is 16.6. The summed E-state index contributed by atoms with van der Waals surface area (Å²) in [4.78, 5) is 24.5. The predicted molar refractivity (Wildman–Crippen MR) is 108 cm³/mol. The van der Waals surface area contributed by atoms with Crippen LogP contribution in [-0.4, -0.2) is 31.6 Å². The lowest BCUT2D eigenvalue weighted by atomic mass is 9.95. The molecule has 0 unspecified atom stereocenters. The predicted octanol–water partition coefficient (Wildman–Crippen LogP) is 3.41. The van der Waals surface area contributed by atoms with E-state index in [1.165, 1.54) is 0 Å². The molecule has 0 aliphatic carbocycles. The summed E-state index contributed by atoms with van der Waals surface area (Å²) in [6, 6.07) is 12.8. The van der Waals surface area contributed by atoms with Crippen LogP contribution in [0.2, 0.25) is 0 Å². The lowest BCUT2D eigenvalue weighted by molar-refractivity contribution is -0.123. The fourth-order valence-electron chi connectivity index (χ4n) is 2.72. The molecule has 2 aromatic rings. The van der Waals surface area contributed by atoms with E-state index in [4.69, 9.17) is 9.47 Å². The number of benzene rings is 2. The Balaban J connectivity index is 1.55. The third-order valence-corrected chi connectivity index (χ3v) is 4.37. The zero-order valence-corrected chi connectivity index (χ0v) is 16.5. The number of fused-ring (bicyclic) bond motifs is 1. The zero-order valence-electron chi connectivity index (χ0n) is 16.5. The first-order valence-electron chi connectivity index (χ1n) is 9.41. The molecule has 148 valence electrons. The van der Waals surface area contributed by atoms with Crippen molar-refractivity contribution in [3.63, 3.8) is 0 Å². The molecule has 0 spiro atoms. The van der Waals surface area contributed by atoms with Crippen molar-refractivity contribution >= 4 is 17.5 Å². The van der Waals surface area contributed by atoms with Crippen LogP contribution in [0.25, 0.3) is 0 Å². The van der Waals surface area contributed by atoms with Crippen molar-refractivity contribution in [3.05, 3.63) is 53.6 Å². The van der Waals surface area contributed by atoms with Crippen molar-refractivity contribution in [2.75, 3.05) is 25.1 Å². The van der Waals surface area contributed by atoms with Crippen molar-refractivity contribution in [2.45, 2.75) is 27.2 Å². The molecule has 1 aliphatic heterocycles. The Morgan fingerprint density at radius 2 is 1.75 bits per heavy atom. The quantitative estimate of drug-likeness (QED) is 0.831. The highest BCUT2D eigenvalue weighted by Crippen LogP contribution is 2.30. The van der Waals surface area contributed by atoms with E-state index in [1.54, 1.807) is 24.3 Å². The van der Waals surface area contributed by atoms with Gasteiger partial charge in [-0.3, -0.25) is 9.59 Å². The summed E-state index contributed by atoms with van der Waals surface area (Å²) in [5.41, 5.74) is 1.69. The van der Waals surface area contributed by atoms with Gasteiger partial charge in [-0.2, -0.15) is 0 Å². The number of carbonyl (C=O) groups excluding carboxylic acids is 2. The second kappa shape index (κ2) is 8.33. The van der Waals surface area contributed by atoms with Crippen LogP contribution in [0.4, 0.5) is 5.69 Å². The fraction of sp³-hybridized carbons (Fsp3) is 0.364. The van der Waals surface area contributed by atoms with Crippen LogP contribution < -0.4 is 20.1 Å². The standard InChI is InChI=1S/C22H26N2O4/c1-22(2,3)21(26)24-17-6-4-5-16(14-17)20(25)23-10-9-15-7-8-18-19(13-15)28-12-11-27-18/h4-8,13-14H,9-12H2,1-3H3,(H,23,25)(H,24,26). The monoisotopic (exact) mass is 382 g/mol. The van der Waals surface area contributed by atoms with Gasteiger partial charge in [0.1, 0.15) is 13.2 Å². The Hall–Kier alpha value is -3.02. The summed E-state index contributed by atoms with van der Waals surface area (Å²) < 4.78 is 11.1. The SMILES string of the molecule is CC(C)(C)C(=O)Nc1cccc(C(=O)NCCc2ccc3c(c2)OCCO3)c1. The van der Waals surface area contributed by atoms with Crippen LogP contribution in [0.1, 0.15) is 36.7 Å². The number of amides is 2. The second-order valence-corrected chi connectivity index (χ2v) is 7.77. The Morgan fingerprint density at radius 3 is 2.50 bits per heavy atom. The molecule has 0 aromatic heterocycles. The van der Waals surface area contributed by atoms with Crippen molar-refractivity contribution < 1.29 is 19.1 Å². The number of anilines is 1. The lowest BCUT2D eigenvalue weighted by Gasteiger charge is -2.19. The van der Waals surface area contributed by atoms with Gasteiger partial charge in [0.05, 0.1) is 0 Å². The molecule has 6 heteroatoms. The van der Waals surface area contributed by atoms with E-state index in [-0.39, 0.29) is 11.8 Å². The van der Waals surface area contributed by atoms with E-state index >= 15 is 0 Å². The maximum absolute atomic E-state index is 12.4. The largest absolute Gasteiger partial charge is 0.486 e. The Kier molecular flexibility index (Phi) is 5.87. The van der Waals surface area contributed by atoms with Gasteiger partial charge in [-0.25, -0.2) is 0 Å². The minimum absolute atomic E-state index is 0.0938. The topological polar surface area (TPSA) is 76.7 Å². The average Bonchev–Trinajstić information content (AvgIpc) is 2.67. The van der Waals surface area contributed by atoms with E-state index < -0.39 is 5.41 Å². The number of hydrogen-bond donors (Lipinski definition) is 2. The number of rotatable bonds is 5. The first-order valence-corrected chi connectivity index (χ1v) is 9.41. The van der Waals surface area contributed by atoms with Gasteiger partial charge in [-0.1, -0.05) is 32.9 Å². The molecule has 0 atom stereocenters. The molecular formula is C22H26N2O4. The van der Waals surface area contributed by atoms with Crippen molar-refractivity contribution in [1.82, 2.24) is 5.32 Å². The molecular weight excluding hydrogens is 356 g/mol. The van der Waals surface area contributed by atoms with Crippen LogP contribution in [0.5, 0.6) is 11.5 Å². The molecule has 6 nitrogen and oxygen atoms in total. The highest BCUT2D eigenvalue weighted by molar-refractivity contribution is 5.98. The van der Waals surface area contributed by atoms with Gasteiger partial charge in [-0.05, 0) is 42.3 Å². The maximum Gasteiger partial charge on any atom is 0.251 e. The summed E-state index contributed by atoms with van der Waals surface area (Å²) in [5, 5.41) is 5.76. The molecule has 0 fully saturated rings. The molecule has 2 amide bonds. The summed E-state index contributed by atoms with van der Waals surface area (Å²) >= 11 is 0. The molecule has 0 saturated heterocycles. The Bertz CT molecular complexity index is 871. The average molecular weight is 382 g/mol. The van der Waals surface area contributed by atoms with Gasteiger partial charge in [0.2, 0.25) is 5.91 Å². The van der Waals surface area contributed by atoms with E-state index in [9.17, 15) is 9.59 Å². The molecule has 2 N–H and O–H groups in total. The number of carbonyl (C=O) groups is 2. The van der Waals surface area contributed by atoms with Crippen molar-refractivity contribution in [3.8, 4) is 11.5 Å². The third-order valence-electron chi connectivity index (χ3n) is 4.37. The lowest BCUT2D eigenvalue weighted by Crippen LogP contribution is -2.28. The van der Waals surface area contributed by atoms with E-state index in [0.29, 0.717) is 37.4 Å². The number of hydrogen-bond acceptors (Lipinski definition) is 4. The van der Waals surface area contributed by atoms with E-state index in [1.807, 2.05) is 39.0 Å². The van der Waals surface area contributed by atoms with Crippen LogP contribution in [0.3, 0.4) is 0 Å². The van der Waals surface area contributed by atoms with Gasteiger partial charge < -0.3 is 20.1 Å². The number of nitrogens with one attached hydrogen (secondary N) is 2. The summed E-state index contributed by atoms with van der Waals surface area (Å²) in [7, 11) is 0. The summed E-state index contributed by atoms with van der Waals surface area (Å²) in [5.74, 6) is 1.23. The van der Waals surface area contributed by atoms with Crippen molar-refractivity contribution in [2.24, 2.45) is 5.41 Å². The van der Waals surface area contributed by atoms with Crippen LogP contribution in [0.15, 0.2) is 42.5 Å². The van der Waals surface area contributed by atoms with E-state index in [2.05, 4.69) is 10.6 Å². The molecule has 0 radical (unpaired) electrons. The van der Waals surface area contributed by atoms with Crippen LogP contribution in [-0.2, 0) is 11.2 Å². The smallest absolute Gasteiger partial charge is 0.251 e. The molecule has 2 aromatic carbocycles. The van der Waals surface area contributed by atoms with Gasteiger partial charge in [0, 0.05) is 23.2 Å². The van der Waals surface area contributed by atoms with E-state index in [0.717, 1.165) is 17.1 Å². The third kappa shape index (κ3) is 5.03. The normalized spacial score (nSPS) is 13.0. The maximum atomic E-state index is 12.4. The van der Waals surface area contributed by atoms with Gasteiger partial charge in [0.15, 0.2) is 11.5 Å². The summed E-state index contributed by atoms with van der Waals surface area (Å²) in [6.45, 7) is 7.15. The van der Waals surface area contributed by atoms with Crippen molar-refractivity contribution in [1.29, 1.82) is 0 Å². The highest BCUT2D eigenvalue weighted by Gasteiger charge is 2.21. The van der Waals surface area contributed by atoms with Crippen LogP contribution >= 0.6 is 0 Å². The zero-order chi connectivity index (χ0) is 20.1. The fourth-order valence-corrected chi connectivity index (χ4v) is 2.72. The molecule has 1 aliphatic rings. The second-order valence-electron chi connectivity index (χ2n) is 7.77. The summed E-state index contributed by atoms with van der Waals surface area (Å²) in [6.07, 6.45) is 0.683. The molecule has 0 bridgehead atoms. The molecule has 0 saturated carbocycles. The molecule has 28 heavy (non-hydrogen) atoms. The van der Waals surface area contributed by atoms with Gasteiger partial charge >= 0.3 is 0 Å². The van der Waals surface area contributed by atoms with Crippen LogP contribution in [0, 0.1) is 5.41 Å². The minimum Gasteiger partial charge on any atom is -0.486 e. The molecule has 3 rings (SSSR count). The first-order chi connectivity index (χ1) is 13.3. The molecule has 1 heterocycles.